The topological polar surface area (TPSA) is 9.23 Å². The molecule has 0 amide bonds. The molecule has 1 radical (unpaired) electrons. The van der Waals surface area contributed by atoms with Crippen molar-refractivity contribution in [3.05, 3.63) is 43.0 Å². The van der Waals surface area contributed by atoms with Crippen LogP contribution in [0.4, 0.5) is 0 Å². The van der Waals surface area contributed by atoms with E-state index in [0.717, 1.165) is 5.75 Å². The summed E-state index contributed by atoms with van der Waals surface area (Å²) in [5.41, 5.74) is 0. The molecule has 0 saturated carbocycles. The van der Waals surface area contributed by atoms with E-state index in [-0.39, 0.29) is 0 Å². The van der Waals surface area contributed by atoms with Gasteiger partial charge in [-0.2, -0.15) is 0 Å². The summed E-state index contributed by atoms with van der Waals surface area (Å²) in [6.45, 7) is 4.08. The minimum Gasteiger partial charge on any atom is -0.489 e. The third kappa shape index (κ3) is 1.94. The SMILES string of the molecule is C=CCOc1[c]cccc1. The predicted octanol–water partition coefficient (Wildman–Crippen LogP) is 2.05. The standard InChI is InChI=1S/C9H9O/c1-2-8-10-9-6-4-3-5-7-9/h2-6H,1,8H2. The minimum absolute atomic E-state index is 0.542. The smallest absolute Gasteiger partial charge is 0.127 e. The van der Waals surface area contributed by atoms with Crippen LogP contribution in [0, 0.1) is 6.07 Å². The zero-order chi connectivity index (χ0) is 7.23. The molecule has 0 fully saturated rings. The largest absolute Gasteiger partial charge is 0.489 e. The zero-order valence-electron chi connectivity index (χ0n) is 5.71. The van der Waals surface area contributed by atoms with Gasteiger partial charge in [0, 0.05) is 6.07 Å². The van der Waals surface area contributed by atoms with Crippen LogP contribution < -0.4 is 4.74 Å². The molecule has 0 aromatic heterocycles. The average Bonchev–Trinajstić information content (AvgIpc) is 2.03. The van der Waals surface area contributed by atoms with Crippen molar-refractivity contribution in [2.75, 3.05) is 6.61 Å². The van der Waals surface area contributed by atoms with Gasteiger partial charge in [0.2, 0.25) is 0 Å². The third-order valence-corrected chi connectivity index (χ3v) is 1.04. The summed E-state index contributed by atoms with van der Waals surface area (Å²) in [4.78, 5) is 0. The van der Waals surface area contributed by atoms with E-state index in [0.29, 0.717) is 6.61 Å². The molecule has 0 aliphatic rings. The predicted molar refractivity (Wildman–Crippen MR) is 41.0 cm³/mol. The van der Waals surface area contributed by atoms with E-state index in [2.05, 4.69) is 12.6 Å². The molecule has 0 atom stereocenters. The first-order valence-corrected chi connectivity index (χ1v) is 3.14. The van der Waals surface area contributed by atoms with Crippen LogP contribution in [0.2, 0.25) is 0 Å². The van der Waals surface area contributed by atoms with Gasteiger partial charge in [-0.1, -0.05) is 30.9 Å². The van der Waals surface area contributed by atoms with Crippen molar-refractivity contribution >= 4 is 0 Å². The Kier molecular flexibility index (Phi) is 2.56. The van der Waals surface area contributed by atoms with Gasteiger partial charge in [0.05, 0.1) is 0 Å². The lowest BCUT2D eigenvalue weighted by Crippen LogP contribution is -1.91. The Morgan fingerprint density at radius 1 is 1.60 bits per heavy atom. The molecule has 1 rings (SSSR count). The molecule has 0 unspecified atom stereocenters. The Bertz CT molecular complexity index is 191. The molecule has 51 valence electrons. The number of benzene rings is 1. The molecule has 0 spiro atoms. The Balaban J connectivity index is 2.50. The highest BCUT2D eigenvalue weighted by molar-refractivity contribution is 5.19. The molecule has 0 N–H and O–H groups in total. The highest BCUT2D eigenvalue weighted by atomic mass is 16.5. The highest BCUT2D eigenvalue weighted by Gasteiger charge is 1.85. The second-order valence-corrected chi connectivity index (χ2v) is 1.83. The van der Waals surface area contributed by atoms with Gasteiger partial charge in [0.15, 0.2) is 0 Å². The highest BCUT2D eigenvalue weighted by Crippen LogP contribution is 2.06. The van der Waals surface area contributed by atoms with Gasteiger partial charge < -0.3 is 4.74 Å². The van der Waals surface area contributed by atoms with Gasteiger partial charge >= 0.3 is 0 Å². The lowest BCUT2D eigenvalue weighted by atomic mass is 10.3. The molecular formula is C9H9O. The molecule has 10 heavy (non-hydrogen) atoms. The first kappa shape index (κ1) is 6.87. The normalized spacial score (nSPS) is 8.80. The van der Waals surface area contributed by atoms with Gasteiger partial charge in [-0.15, -0.1) is 0 Å². The molecule has 0 saturated heterocycles. The van der Waals surface area contributed by atoms with Crippen molar-refractivity contribution in [2.45, 2.75) is 0 Å². The lowest BCUT2D eigenvalue weighted by molar-refractivity contribution is 0.362. The van der Waals surface area contributed by atoms with E-state index in [9.17, 15) is 0 Å². The van der Waals surface area contributed by atoms with Crippen LogP contribution in [0.3, 0.4) is 0 Å². The van der Waals surface area contributed by atoms with E-state index >= 15 is 0 Å². The van der Waals surface area contributed by atoms with Crippen LogP contribution in [0.25, 0.3) is 0 Å². The van der Waals surface area contributed by atoms with E-state index in [1.165, 1.54) is 0 Å². The number of hydrogen-bond acceptors (Lipinski definition) is 1. The molecule has 0 aliphatic heterocycles. The summed E-state index contributed by atoms with van der Waals surface area (Å²) < 4.78 is 5.18. The lowest BCUT2D eigenvalue weighted by Gasteiger charge is -1.99. The first-order valence-electron chi connectivity index (χ1n) is 3.14. The van der Waals surface area contributed by atoms with Gasteiger partial charge in [-0.05, 0) is 6.07 Å². The molecule has 1 heteroatoms. The minimum atomic E-state index is 0.542. The van der Waals surface area contributed by atoms with E-state index in [1.54, 1.807) is 6.08 Å². The van der Waals surface area contributed by atoms with Crippen molar-refractivity contribution in [3.63, 3.8) is 0 Å². The number of rotatable bonds is 3. The maximum Gasteiger partial charge on any atom is 0.127 e. The zero-order valence-corrected chi connectivity index (χ0v) is 5.71. The van der Waals surface area contributed by atoms with Crippen molar-refractivity contribution < 1.29 is 4.74 Å². The van der Waals surface area contributed by atoms with Crippen molar-refractivity contribution in [3.8, 4) is 5.75 Å². The number of para-hydroxylation sites is 1. The summed E-state index contributed by atoms with van der Waals surface area (Å²) in [7, 11) is 0. The van der Waals surface area contributed by atoms with E-state index in [1.807, 2.05) is 24.3 Å². The second-order valence-electron chi connectivity index (χ2n) is 1.83. The summed E-state index contributed by atoms with van der Waals surface area (Å²) in [5, 5.41) is 0. The summed E-state index contributed by atoms with van der Waals surface area (Å²) in [6, 6.07) is 10.4. The van der Waals surface area contributed by atoms with E-state index < -0.39 is 0 Å². The fourth-order valence-electron chi connectivity index (χ4n) is 0.615. The van der Waals surface area contributed by atoms with Crippen LogP contribution in [0.15, 0.2) is 36.9 Å². The molecule has 0 aliphatic carbocycles. The second kappa shape index (κ2) is 3.72. The maximum absolute atomic E-state index is 5.18. The van der Waals surface area contributed by atoms with Gasteiger partial charge in [0.1, 0.15) is 12.4 Å². The molecule has 1 aromatic rings. The molecule has 1 aromatic carbocycles. The van der Waals surface area contributed by atoms with Crippen molar-refractivity contribution in [2.24, 2.45) is 0 Å². The Morgan fingerprint density at radius 2 is 2.50 bits per heavy atom. The van der Waals surface area contributed by atoms with Gasteiger partial charge in [-0.25, -0.2) is 0 Å². The average molecular weight is 133 g/mol. The summed E-state index contributed by atoms with van der Waals surface area (Å²) in [6.07, 6.45) is 1.71. The van der Waals surface area contributed by atoms with Gasteiger partial charge in [-0.3, -0.25) is 0 Å². The Morgan fingerprint density at radius 3 is 3.10 bits per heavy atom. The van der Waals surface area contributed by atoms with Crippen LogP contribution in [0.1, 0.15) is 0 Å². The monoisotopic (exact) mass is 133 g/mol. The van der Waals surface area contributed by atoms with Crippen LogP contribution in [-0.2, 0) is 0 Å². The summed E-state index contributed by atoms with van der Waals surface area (Å²) >= 11 is 0. The van der Waals surface area contributed by atoms with Crippen LogP contribution >= 0.6 is 0 Å². The molecular weight excluding hydrogens is 124 g/mol. The molecule has 0 bridgehead atoms. The van der Waals surface area contributed by atoms with Crippen LogP contribution in [-0.4, -0.2) is 6.61 Å². The third-order valence-electron chi connectivity index (χ3n) is 1.04. The maximum atomic E-state index is 5.18. The van der Waals surface area contributed by atoms with Crippen molar-refractivity contribution in [1.82, 2.24) is 0 Å². The van der Waals surface area contributed by atoms with Gasteiger partial charge in [0.25, 0.3) is 0 Å². The van der Waals surface area contributed by atoms with Crippen molar-refractivity contribution in [1.29, 1.82) is 0 Å². The number of ether oxygens (including phenoxy) is 1. The Hall–Kier alpha value is -1.24. The first-order chi connectivity index (χ1) is 4.93. The summed E-state index contributed by atoms with van der Waals surface area (Å²) in [5.74, 6) is 0.766. The quantitative estimate of drug-likeness (QED) is 0.573. The number of hydrogen-bond donors (Lipinski definition) is 0. The fraction of sp³-hybridized carbons (Fsp3) is 0.111. The van der Waals surface area contributed by atoms with Crippen LogP contribution in [0.5, 0.6) is 5.75 Å². The molecule has 1 nitrogen and oxygen atoms in total. The fourth-order valence-corrected chi connectivity index (χ4v) is 0.615. The Labute approximate surface area is 61.0 Å². The van der Waals surface area contributed by atoms with E-state index in [4.69, 9.17) is 4.74 Å². The molecule has 0 heterocycles.